The Morgan fingerprint density at radius 1 is 1.46 bits per heavy atom. The second kappa shape index (κ2) is 4.73. The molecular formula is C11H19FO. The van der Waals surface area contributed by atoms with Gasteiger partial charge in [-0.05, 0) is 38.0 Å². The summed E-state index contributed by atoms with van der Waals surface area (Å²) in [6.07, 6.45) is 6.65. The lowest BCUT2D eigenvalue weighted by molar-refractivity contribution is -0.119. The SMILES string of the molecule is CCC1CCC(C=O)(CCF)CC1. The van der Waals surface area contributed by atoms with Crippen LogP contribution in [0.1, 0.15) is 45.4 Å². The standard InChI is InChI=1S/C11H19FO/c1-2-10-3-5-11(9-13,6-4-10)7-8-12/h9-10H,2-8H2,1H3. The van der Waals surface area contributed by atoms with E-state index in [1.54, 1.807) is 0 Å². The zero-order valence-electron chi connectivity index (χ0n) is 8.39. The normalized spacial score (nSPS) is 34.5. The first-order valence-electron chi connectivity index (χ1n) is 5.28. The van der Waals surface area contributed by atoms with Crippen LogP contribution in [0.2, 0.25) is 0 Å². The summed E-state index contributed by atoms with van der Waals surface area (Å²) in [4.78, 5) is 10.9. The lowest BCUT2D eigenvalue weighted by Crippen LogP contribution is -2.29. The van der Waals surface area contributed by atoms with E-state index in [1.165, 1.54) is 6.42 Å². The van der Waals surface area contributed by atoms with Crippen LogP contribution in [-0.4, -0.2) is 13.0 Å². The van der Waals surface area contributed by atoms with Gasteiger partial charge in [-0.15, -0.1) is 0 Å². The van der Waals surface area contributed by atoms with Crippen molar-refractivity contribution in [2.24, 2.45) is 11.3 Å². The van der Waals surface area contributed by atoms with Crippen molar-refractivity contribution >= 4 is 6.29 Å². The maximum atomic E-state index is 12.2. The van der Waals surface area contributed by atoms with E-state index in [-0.39, 0.29) is 12.1 Å². The van der Waals surface area contributed by atoms with Crippen LogP contribution in [0.4, 0.5) is 4.39 Å². The van der Waals surface area contributed by atoms with Gasteiger partial charge in [0.2, 0.25) is 0 Å². The van der Waals surface area contributed by atoms with E-state index in [1.807, 2.05) is 0 Å². The van der Waals surface area contributed by atoms with Gasteiger partial charge in [0.05, 0.1) is 6.67 Å². The number of carbonyl (C=O) groups is 1. The van der Waals surface area contributed by atoms with Gasteiger partial charge < -0.3 is 4.79 Å². The molecule has 1 aliphatic carbocycles. The minimum atomic E-state index is -0.352. The van der Waals surface area contributed by atoms with Crippen LogP contribution in [0.3, 0.4) is 0 Å². The van der Waals surface area contributed by atoms with E-state index in [0.717, 1.165) is 37.9 Å². The number of carbonyl (C=O) groups excluding carboxylic acids is 1. The number of aldehydes is 1. The van der Waals surface area contributed by atoms with Gasteiger partial charge in [-0.3, -0.25) is 4.39 Å². The smallest absolute Gasteiger partial charge is 0.126 e. The van der Waals surface area contributed by atoms with Crippen LogP contribution >= 0.6 is 0 Å². The van der Waals surface area contributed by atoms with Crippen LogP contribution in [-0.2, 0) is 4.79 Å². The molecule has 0 aromatic rings. The monoisotopic (exact) mass is 186 g/mol. The molecule has 0 amide bonds. The Bertz CT molecular complexity index is 159. The third-order valence-corrected chi connectivity index (χ3v) is 3.52. The fourth-order valence-corrected chi connectivity index (χ4v) is 2.28. The van der Waals surface area contributed by atoms with E-state index in [0.29, 0.717) is 6.42 Å². The van der Waals surface area contributed by atoms with E-state index in [9.17, 15) is 9.18 Å². The van der Waals surface area contributed by atoms with Gasteiger partial charge in [0.25, 0.3) is 0 Å². The molecule has 1 fully saturated rings. The predicted molar refractivity (Wildman–Crippen MR) is 51.3 cm³/mol. The third kappa shape index (κ3) is 2.52. The van der Waals surface area contributed by atoms with Crippen molar-refractivity contribution in [1.29, 1.82) is 0 Å². The molecule has 0 aromatic heterocycles. The first kappa shape index (κ1) is 10.7. The molecule has 0 radical (unpaired) electrons. The van der Waals surface area contributed by atoms with Gasteiger partial charge in [0.15, 0.2) is 0 Å². The Morgan fingerprint density at radius 3 is 2.46 bits per heavy atom. The first-order chi connectivity index (χ1) is 6.26. The second-order valence-electron chi connectivity index (χ2n) is 4.27. The summed E-state index contributed by atoms with van der Waals surface area (Å²) in [5.74, 6) is 0.771. The topological polar surface area (TPSA) is 17.1 Å². The molecule has 0 saturated heterocycles. The summed E-state index contributed by atoms with van der Waals surface area (Å²) in [5.41, 5.74) is -0.305. The Kier molecular flexibility index (Phi) is 3.89. The van der Waals surface area contributed by atoms with E-state index >= 15 is 0 Å². The number of hydrogen-bond acceptors (Lipinski definition) is 1. The zero-order valence-corrected chi connectivity index (χ0v) is 8.39. The second-order valence-corrected chi connectivity index (χ2v) is 4.27. The highest BCUT2D eigenvalue weighted by molar-refractivity contribution is 5.59. The molecule has 0 N–H and O–H groups in total. The average molecular weight is 186 g/mol. The van der Waals surface area contributed by atoms with Crippen LogP contribution in [0.15, 0.2) is 0 Å². The van der Waals surface area contributed by atoms with Crippen molar-refractivity contribution in [3.63, 3.8) is 0 Å². The van der Waals surface area contributed by atoms with Crippen LogP contribution in [0.25, 0.3) is 0 Å². The number of alkyl halides is 1. The highest BCUT2D eigenvalue weighted by atomic mass is 19.1. The van der Waals surface area contributed by atoms with Crippen molar-refractivity contribution in [2.75, 3.05) is 6.67 Å². The Hall–Kier alpha value is -0.400. The average Bonchev–Trinajstić information content (AvgIpc) is 2.19. The lowest BCUT2D eigenvalue weighted by Gasteiger charge is -2.35. The fraction of sp³-hybridized carbons (Fsp3) is 0.909. The summed E-state index contributed by atoms with van der Waals surface area (Å²) in [5, 5.41) is 0. The van der Waals surface area contributed by atoms with Gasteiger partial charge in [0.1, 0.15) is 6.29 Å². The van der Waals surface area contributed by atoms with Crippen LogP contribution in [0, 0.1) is 11.3 Å². The van der Waals surface area contributed by atoms with Gasteiger partial charge in [-0.1, -0.05) is 13.3 Å². The third-order valence-electron chi connectivity index (χ3n) is 3.52. The summed E-state index contributed by atoms with van der Waals surface area (Å²) in [7, 11) is 0. The first-order valence-corrected chi connectivity index (χ1v) is 5.28. The van der Waals surface area contributed by atoms with Gasteiger partial charge in [-0.25, -0.2) is 0 Å². The van der Waals surface area contributed by atoms with Gasteiger partial charge >= 0.3 is 0 Å². The van der Waals surface area contributed by atoms with E-state index in [4.69, 9.17) is 0 Å². The fourth-order valence-electron chi connectivity index (χ4n) is 2.28. The number of hydrogen-bond donors (Lipinski definition) is 0. The van der Waals surface area contributed by atoms with Gasteiger partial charge in [0, 0.05) is 5.41 Å². The van der Waals surface area contributed by atoms with E-state index < -0.39 is 0 Å². The molecule has 1 aliphatic rings. The van der Waals surface area contributed by atoms with Crippen LogP contribution in [0.5, 0.6) is 0 Å². The quantitative estimate of drug-likeness (QED) is 0.616. The molecule has 0 heterocycles. The molecule has 0 aliphatic heterocycles. The van der Waals surface area contributed by atoms with Crippen molar-refractivity contribution in [3.05, 3.63) is 0 Å². The molecule has 0 aromatic carbocycles. The molecule has 1 nitrogen and oxygen atoms in total. The van der Waals surface area contributed by atoms with Crippen molar-refractivity contribution in [1.82, 2.24) is 0 Å². The maximum Gasteiger partial charge on any atom is 0.126 e. The summed E-state index contributed by atoms with van der Waals surface area (Å²) >= 11 is 0. The molecule has 13 heavy (non-hydrogen) atoms. The highest BCUT2D eigenvalue weighted by Crippen LogP contribution is 2.40. The summed E-state index contributed by atoms with van der Waals surface area (Å²) < 4.78 is 12.2. The number of rotatable bonds is 4. The molecular weight excluding hydrogens is 167 g/mol. The Balaban J connectivity index is 2.47. The largest absolute Gasteiger partial charge is 0.303 e. The Morgan fingerprint density at radius 2 is 2.08 bits per heavy atom. The van der Waals surface area contributed by atoms with Gasteiger partial charge in [-0.2, -0.15) is 0 Å². The minimum Gasteiger partial charge on any atom is -0.303 e. The highest BCUT2D eigenvalue weighted by Gasteiger charge is 2.34. The Labute approximate surface area is 79.7 Å². The molecule has 1 saturated carbocycles. The predicted octanol–water partition coefficient (Wildman–Crippen LogP) is 3.13. The van der Waals surface area contributed by atoms with Crippen molar-refractivity contribution in [3.8, 4) is 0 Å². The maximum absolute atomic E-state index is 12.2. The molecule has 2 heteroatoms. The molecule has 1 rings (SSSR count). The number of halogens is 1. The summed E-state index contributed by atoms with van der Waals surface area (Å²) in [6, 6.07) is 0. The molecule has 0 spiro atoms. The van der Waals surface area contributed by atoms with Crippen molar-refractivity contribution < 1.29 is 9.18 Å². The molecule has 0 atom stereocenters. The van der Waals surface area contributed by atoms with Crippen molar-refractivity contribution in [2.45, 2.75) is 45.4 Å². The molecule has 0 bridgehead atoms. The molecule has 76 valence electrons. The lowest BCUT2D eigenvalue weighted by atomic mass is 9.69. The molecule has 0 unspecified atom stereocenters. The van der Waals surface area contributed by atoms with E-state index in [2.05, 4.69) is 6.92 Å². The van der Waals surface area contributed by atoms with Crippen LogP contribution < -0.4 is 0 Å². The zero-order chi connectivity index (χ0) is 9.73. The summed E-state index contributed by atoms with van der Waals surface area (Å²) in [6.45, 7) is 1.84. The minimum absolute atomic E-state index is 0.305.